The number of carbonyl (C=O) groups excluding carboxylic acids is 1. The monoisotopic (exact) mass is 280 g/mol. The van der Waals surface area contributed by atoms with Crippen molar-refractivity contribution in [2.45, 2.75) is 0 Å². The van der Waals surface area contributed by atoms with Gasteiger partial charge in [0.2, 0.25) is 0 Å². The third-order valence-corrected chi connectivity index (χ3v) is 2.86. The number of hydrogen-bond acceptors (Lipinski definition) is 5. The van der Waals surface area contributed by atoms with E-state index in [0.29, 0.717) is 11.6 Å². The van der Waals surface area contributed by atoms with Crippen molar-refractivity contribution in [1.82, 2.24) is 15.0 Å². The molecule has 0 fully saturated rings. The first kappa shape index (κ1) is 12.8. The lowest BCUT2D eigenvalue weighted by Crippen LogP contribution is -2.19. The van der Waals surface area contributed by atoms with Gasteiger partial charge in [-0.2, -0.15) is 0 Å². The Kier molecular flexibility index (Phi) is 3.30. The first-order valence-electron chi connectivity index (χ1n) is 6.20. The van der Waals surface area contributed by atoms with Crippen molar-refractivity contribution in [1.29, 1.82) is 0 Å². The zero-order valence-corrected chi connectivity index (χ0v) is 10.9. The molecule has 0 unspecified atom stereocenters. The molecule has 2 amide bonds. The van der Waals surface area contributed by atoms with Crippen LogP contribution in [-0.4, -0.2) is 21.0 Å². The maximum Gasteiger partial charge on any atom is 0.317 e. The number of nitrogens with two attached hydrogens (primary N) is 1. The van der Waals surface area contributed by atoms with Crippen LogP contribution in [0.2, 0.25) is 0 Å². The van der Waals surface area contributed by atoms with Crippen molar-refractivity contribution in [3.63, 3.8) is 0 Å². The number of primary amides is 1. The summed E-state index contributed by atoms with van der Waals surface area (Å²) < 4.78 is 0. The van der Waals surface area contributed by atoms with Crippen LogP contribution in [0.5, 0.6) is 0 Å². The van der Waals surface area contributed by atoms with Gasteiger partial charge in [0.05, 0.1) is 0 Å². The maximum absolute atomic E-state index is 10.9. The molecule has 0 aliphatic carbocycles. The number of aromatic nitrogens is 3. The van der Waals surface area contributed by atoms with Crippen molar-refractivity contribution in [2.24, 2.45) is 5.73 Å². The Hall–Kier alpha value is -3.22. The number of carbonyl (C=O) groups is 1. The molecule has 0 radical (unpaired) electrons. The van der Waals surface area contributed by atoms with E-state index in [1.165, 1.54) is 6.33 Å². The number of urea groups is 1. The Morgan fingerprint density at radius 3 is 2.81 bits per heavy atom. The van der Waals surface area contributed by atoms with Crippen LogP contribution in [0.15, 0.2) is 49.1 Å². The zero-order valence-electron chi connectivity index (χ0n) is 10.9. The van der Waals surface area contributed by atoms with E-state index in [0.717, 1.165) is 16.5 Å². The number of amides is 2. The second kappa shape index (κ2) is 5.41. The average molecular weight is 280 g/mol. The molecular formula is C14H12N6O. The third-order valence-electron chi connectivity index (χ3n) is 2.86. The van der Waals surface area contributed by atoms with Crippen LogP contribution in [-0.2, 0) is 0 Å². The topological polar surface area (TPSA) is 106 Å². The minimum absolute atomic E-state index is 0.411. The summed E-state index contributed by atoms with van der Waals surface area (Å²) in [6.07, 6.45) is 4.80. The van der Waals surface area contributed by atoms with E-state index in [1.54, 1.807) is 24.5 Å². The summed E-state index contributed by atoms with van der Waals surface area (Å²) in [4.78, 5) is 23.0. The molecule has 7 nitrogen and oxygen atoms in total. The van der Waals surface area contributed by atoms with E-state index in [2.05, 4.69) is 25.6 Å². The van der Waals surface area contributed by atoms with E-state index in [1.807, 2.05) is 18.2 Å². The highest BCUT2D eigenvalue weighted by molar-refractivity contribution is 5.97. The summed E-state index contributed by atoms with van der Waals surface area (Å²) in [5.74, 6) is 1.10. The normalized spacial score (nSPS) is 10.3. The van der Waals surface area contributed by atoms with Crippen LogP contribution in [0.25, 0.3) is 10.8 Å². The van der Waals surface area contributed by atoms with Gasteiger partial charge in [-0.3, -0.25) is 5.32 Å². The van der Waals surface area contributed by atoms with Crippen LogP contribution in [0, 0.1) is 0 Å². The summed E-state index contributed by atoms with van der Waals surface area (Å²) in [5.41, 5.74) is 5.95. The Morgan fingerprint density at radius 1 is 1.14 bits per heavy atom. The highest BCUT2D eigenvalue weighted by Gasteiger charge is 2.05. The van der Waals surface area contributed by atoms with Crippen molar-refractivity contribution < 1.29 is 4.79 Å². The van der Waals surface area contributed by atoms with E-state index >= 15 is 0 Å². The second-order valence-electron chi connectivity index (χ2n) is 4.31. The summed E-state index contributed by atoms with van der Waals surface area (Å²) >= 11 is 0. The van der Waals surface area contributed by atoms with E-state index < -0.39 is 6.03 Å². The lowest BCUT2D eigenvalue weighted by Gasteiger charge is -2.09. The molecule has 7 heteroatoms. The molecule has 1 aromatic carbocycles. The molecular weight excluding hydrogens is 268 g/mol. The highest BCUT2D eigenvalue weighted by Crippen LogP contribution is 2.26. The van der Waals surface area contributed by atoms with Gasteiger partial charge in [0.15, 0.2) is 0 Å². The quantitative estimate of drug-likeness (QED) is 0.682. The van der Waals surface area contributed by atoms with Gasteiger partial charge in [0.25, 0.3) is 0 Å². The first-order chi connectivity index (χ1) is 10.2. The molecule has 0 atom stereocenters. The molecule has 2 aromatic heterocycles. The van der Waals surface area contributed by atoms with Crippen molar-refractivity contribution >= 4 is 34.1 Å². The molecule has 0 saturated heterocycles. The molecule has 2 heterocycles. The van der Waals surface area contributed by atoms with Gasteiger partial charge in [-0.05, 0) is 23.6 Å². The highest BCUT2D eigenvalue weighted by atomic mass is 16.2. The van der Waals surface area contributed by atoms with Gasteiger partial charge >= 0.3 is 6.03 Å². The molecule has 0 bridgehead atoms. The number of pyridine rings is 1. The number of fused-ring (bicyclic) bond motifs is 1. The molecule has 0 aliphatic heterocycles. The van der Waals surface area contributed by atoms with Gasteiger partial charge in [-0.25, -0.2) is 19.7 Å². The predicted molar refractivity (Wildman–Crippen MR) is 80.3 cm³/mol. The largest absolute Gasteiger partial charge is 0.351 e. The van der Waals surface area contributed by atoms with Crippen LogP contribution >= 0.6 is 0 Å². The number of nitrogens with zero attached hydrogens (tertiary/aromatic N) is 3. The maximum atomic E-state index is 10.9. The Labute approximate surface area is 120 Å². The molecule has 0 spiro atoms. The zero-order chi connectivity index (χ0) is 14.7. The molecule has 104 valence electrons. The lowest BCUT2D eigenvalue weighted by molar-refractivity contribution is 0.259. The van der Waals surface area contributed by atoms with Gasteiger partial charge in [0.1, 0.15) is 18.0 Å². The molecule has 3 aromatic rings. The smallest absolute Gasteiger partial charge is 0.317 e. The van der Waals surface area contributed by atoms with E-state index in [4.69, 9.17) is 5.73 Å². The Morgan fingerprint density at radius 2 is 2.05 bits per heavy atom. The van der Waals surface area contributed by atoms with Crippen LogP contribution < -0.4 is 16.4 Å². The molecule has 4 N–H and O–H groups in total. The first-order valence-corrected chi connectivity index (χ1v) is 6.20. The number of nitrogens with one attached hydrogen (secondary N) is 2. The van der Waals surface area contributed by atoms with E-state index in [-0.39, 0.29) is 0 Å². The predicted octanol–water partition coefficient (Wildman–Crippen LogP) is 2.26. The van der Waals surface area contributed by atoms with Crippen molar-refractivity contribution in [3.8, 4) is 0 Å². The van der Waals surface area contributed by atoms with E-state index in [9.17, 15) is 4.79 Å². The number of hydrogen-bond donors (Lipinski definition) is 3. The third kappa shape index (κ3) is 2.86. The molecule has 0 aliphatic rings. The minimum Gasteiger partial charge on any atom is -0.351 e. The van der Waals surface area contributed by atoms with Gasteiger partial charge in [-0.15, -0.1) is 0 Å². The number of benzene rings is 1. The molecule has 0 saturated carbocycles. The van der Waals surface area contributed by atoms with Crippen molar-refractivity contribution in [2.75, 3.05) is 10.6 Å². The lowest BCUT2D eigenvalue weighted by atomic mass is 10.1. The average Bonchev–Trinajstić information content (AvgIpc) is 2.48. The minimum atomic E-state index is -0.642. The van der Waals surface area contributed by atoms with Crippen LogP contribution in [0.3, 0.4) is 0 Å². The Bertz CT molecular complexity index is 790. The fraction of sp³-hybridized carbons (Fsp3) is 0. The van der Waals surface area contributed by atoms with Crippen LogP contribution in [0.1, 0.15) is 0 Å². The fourth-order valence-corrected chi connectivity index (χ4v) is 1.98. The SMILES string of the molecule is NC(=O)Nc1cc2cccc(Nc3ccncn3)c2cn1. The standard InChI is InChI=1S/C14H12N6O/c15-14(21)20-13-6-9-2-1-3-11(10(9)7-17-13)19-12-4-5-16-8-18-12/h1-8H,(H,16,18,19)(H3,15,17,20,21). The van der Waals surface area contributed by atoms with Crippen LogP contribution in [0.4, 0.5) is 22.1 Å². The summed E-state index contributed by atoms with van der Waals surface area (Å²) in [7, 11) is 0. The summed E-state index contributed by atoms with van der Waals surface area (Å²) in [6.45, 7) is 0. The summed E-state index contributed by atoms with van der Waals surface area (Å²) in [6, 6.07) is 8.64. The number of rotatable bonds is 3. The number of anilines is 3. The van der Waals surface area contributed by atoms with Gasteiger partial charge in [0, 0.05) is 23.5 Å². The van der Waals surface area contributed by atoms with Gasteiger partial charge < -0.3 is 11.1 Å². The second-order valence-corrected chi connectivity index (χ2v) is 4.31. The summed E-state index contributed by atoms with van der Waals surface area (Å²) in [5, 5.41) is 7.49. The van der Waals surface area contributed by atoms with Gasteiger partial charge in [-0.1, -0.05) is 12.1 Å². The Balaban J connectivity index is 1.98. The van der Waals surface area contributed by atoms with Crippen molar-refractivity contribution in [3.05, 3.63) is 49.1 Å². The molecule has 3 rings (SSSR count). The fourth-order valence-electron chi connectivity index (χ4n) is 1.98. The molecule has 21 heavy (non-hydrogen) atoms.